The highest BCUT2D eigenvalue weighted by Gasteiger charge is 2.23. The molecule has 0 saturated heterocycles. The van der Waals surface area contributed by atoms with Gasteiger partial charge in [0.1, 0.15) is 5.82 Å². The number of aliphatic hydroxyl groups excluding tert-OH is 2. The van der Waals surface area contributed by atoms with Crippen LogP contribution in [0.15, 0.2) is 0 Å². The van der Waals surface area contributed by atoms with E-state index in [1.165, 1.54) is 5.56 Å². The summed E-state index contributed by atoms with van der Waals surface area (Å²) < 4.78 is 0. The van der Waals surface area contributed by atoms with E-state index in [1.54, 1.807) is 6.92 Å². The number of aromatic nitrogens is 2. The van der Waals surface area contributed by atoms with E-state index in [1.807, 2.05) is 37.7 Å². The van der Waals surface area contributed by atoms with E-state index in [0.717, 1.165) is 42.5 Å². The summed E-state index contributed by atoms with van der Waals surface area (Å²) in [7, 11) is 3.99. The Bertz CT molecular complexity index is 525. The predicted molar refractivity (Wildman–Crippen MR) is 96.2 cm³/mol. The van der Waals surface area contributed by atoms with Crippen LogP contribution < -0.4 is 9.80 Å². The molecule has 1 aliphatic rings. The minimum absolute atomic E-state index is 0.310. The number of hydrogen-bond donors (Lipinski definition) is 2. The fourth-order valence-electron chi connectivity index (χ4n) is 2.47. The van der Waals surface area contributed by atoms with Crippen LogP contribution in [0, 0.1) is 0 Å². The Balaban J connectivity index is 2.20. The summed E-state index contributed by atoms with van der Waals surface area (Å²) in [6.07, 6.45) is 0.777. The van der Waals surface area contributed by atoms with Gasteiger partial charge in [-0.1, -0.05) is 0 Å². The van der Waals surface area contributed by atoms with E-state index < -0.39 is 0 Å². The van der Waals surface area contributed by atoms with Gasteiger partial charge in [-0.15, -0.1) is 0 Å². The molecular weight excluding hydrogens is 312 g/mol. The van der Waals surface area contributed by atoms with Crippen LogP contribution in [0.5, 0.6) is 0 Å². The first-order chi connectivity index (χ1) is 10.9. The molecule has 2 heterocycles. The van der Waals surface area contributed by atoms with Gasteiger partial charge in [0.2, 0.25) is 5.95 Å². The fourth-order valence-corrected chi connectivity index (χ4v) is 3.51. The van der Waals surface area contributed by atoms with Gasteiger partial charge in [0.05, 0.1) is 17.9 Å². The molecule has 1 aromatic rings. The van der Waals surface area contributed by atoms with Crippen LogP contribution in [-0.2, 0) is 11.5 Å². The fraction of sp³-hybridized carbons (Fsp3) is 0.750. The van der Waals surface area contributed by atoms with Gasteiger partial charge in [-0.05, 0) is 26.7 Å². The Hall–Kier alpha value is -1.05. The number of hydrogen-bond acceptors (Lipinski definition) is 7. The molecule has 130 valence electrons. The van der Waals surface area contributed by atoms with E-state index in [4.69, 9.17) is 9.97 Å². The zero-order valence-corrected chi connectivity index (χ0v) is 15.3. The second kappa shape index (κ2) is 8.17. The van der Waals surface area contributed by atoms with Crippen molar-refractivity contribution in [1.82, 2.24) is 9.97 Å². The van der Waals surface area contributed by atoms with Gasteiger partial charge in [-0.3, -0.25) is 0 Å². The van der Waals surface area contributed by atoms with E-state index >= 15 is 0 Å². The van der Waals surface area contributed by atoms with Crippen molar-refractivity contribution in [3.05, 3.63) is 11.3 Å². The molecule has 1 aliphatic heterocycles. The van der Waals surface area contributed by atoms with Crippen LogP contribution in [0.1, 0.15) is 37.9 Å². The smallest absolute Gasteiger partial charge is 0.227 e. The summed E-state index contributed by atoms with van der Waals surface area (Å²) in [5.41, 5.74) is 2.33. The van der Waals surface area contributed by atoms with Crippen LogP contribution in [0.4, 0.5) is 11.8 Å². The maximum Gasteiger partial charge on any atom is 0.227 e. The lowest BCUT2D eigenvalue weighted by Gasteiger charge is -2.24. The minimum atomic E-state index is -0.324. The van der Waals surface area contributed by atoms with Crippen LogP contribution in [-0.4, -0.2) is 59.6 Å². The third kappa shape index (κ3) is 4.96. The molecule has 7 heteroatoms. The van der Waals surface area contributed by atoms with Crippen molar-refractivity contribution >= 4 is 23.5 Å². The number of rotatable bonds is 8. The molecule has 0 saturated carbocycles. The summed E-state index contributed by atoms with van der Waals surface area (Å²) in [4.78, 5) is 13.6. The second-order valence-corrected chi connectivity index (χ2v) is 7.37. The predicted octanol–water partition coefficient (Wildman–Crippen LogP) is 1.64. The molecule has 2 N–H and O–H groups in total. The zero-order valence-electron chi connectivity index (χ0n) is 14.5. The molecule has 2 rings (SSSR count). The van der Waals surface area contributed by atoms with Crippen LogP contribution in [0.2, 0.25) is 0 Å². The first-order valence-electron chi connectivity index (χ1n) is 8.14. The van der Waals surface area contributed by atoms with Gasteiger partial charge < -0.3 is 20.0 Å². The lowest BCUT2D eigenvalue weighted by molar-refractivity contribution is 0.186. The molecule has 0 fully saturated rings. The normalized spacial score (nSPS) is 16.1. The second-order valence-electron chi connectivity index (χ2n) is 6.38. The highest BCUT2D eigenvalue weighted by molar-refractivity contribution is 7.98. The van der Waals surface area contributed by atoms with Gasteiger partial charge in [0.25, 0.3) is 0 Å². The number of nitrogens with zero attached hydrogens (tertiary/aromatic N) is 4. The Labute approximate surface area is 142 Å². The SMILES string of the molecule is C[C@H](O)CCN(C)c1nc2c(c(N(C)CC[C@H](C)O)n1)CSC2. The Morgan fingerprint density at radius 3 is 2.22 bits per heavy atom. The Morgan fingerprint density at radius 1 is 1.00 bits per heavy atom. The van der Waals surface area contributed by atoms with Crippen LogP contribution >= 0.6 is 11.8 Å². The van der Waals surface area contributed by atoms with Gasteiger partial charge in [-0.25, -0.2) is 4.98 Å². The highest BCUT2D eigenvalue weighted by Crippen LogP contribution is 2.35. The first kappa shape index (κ1) is 18.3. The first-order valence-corrected chi connectivity index (χ1v) is 9.30. The van der Waals surface area contributed by atoms with Gasteiger partial charge in [0.15, 0.2) is 0 Å². The third-order valence-corrected chi connectivity index (χ3v) is 4.98. The number of anilines is 2. The average molecular weight is 340 g/mol. The topological polar surface area (TPSA) is 72.7 Å². The van der Waals surface area contributed by atoms with E-state index in [-0.39, 0.29) is 12.2 Å². The largest absolute Gasteiger partial charge is 0.393 e. The quantitative estimate of drug-likeness (QED) is 0.745. The summed E-state index contributed by atoms with van der Waals surface area (Å²) in [5.74, 6) is 3.55. The molecule has 0 bridgehead atoms. The lowest BCUT2D eigenvalue weighted by atomic mass is 10.2. The molecule has 0 aliphatic carbocycles. The van der Waals surface area contributed by atoms with E-state index in [9.17, 15) is 10.2 Å². The molecule has 23 heavy (non-hydrogen) atoms. The number of aliphatic hydroxyl groups is 2. The molecule has 0 amide bonds. The molecule has 1 aromatic heterocycles. The van der Waals surface area contributed by atoms with Gasteiger partial charge in [-0.2, -0.15) is 16.7 Å². The van der Waals surface area contributed by atoms with Crippen molar-refractivity contribution in [3.8, 4) is 0 Å². The summed E-state index contributed by atoms with van der Waals surface area (Å²) in [6.45, 7) is 5.09. The molecule has 0 aromatic carbocycles. The molecule has 0 unspecified atom stereocenters. The summed E-state index contributed by atoms with van der Waals surface area (Å²) >= 11 is 1.86. The number of fused-ring (bicyclic) bond motifs is 1. The van der Waals surface area contributed by atoms with Crippen molar-refractivity contribution in [3.63, 3.8) is 0 Å². The van der Waals surface area contributed by atoms with Crippen molar-refractivity contribution in [2.75, 3.05) is 37.0 Å². The maximum absolute atomic E-state index is 9.51. The molecule has 2 atom stereocenters. The zero-order chi connectivity index (χ0) is 17.0. The van der Waals surface area contributed by atoms with Crippen LogP contribution in [0.3, 0.4) is 0 Å². The molecule has 6 nitrogen and oxygen atoms in total. The van der Waals surface area contributed by atoms with Crippen LogP contribution in [0.25, 0.3) is 0 Å². The summed E-state index contributed by atoms with van der Waals surface area (Å²) in [5, 5.41) is 19.0. The van der Waals surface area contributed by atoms with E-state index in [0.29, 0.717) is 12.4 Å². The third-order valence-electron chi connectivity index (χ3n) is 4.01. The average Bonchev–Trinajstić information content (AvgIpc) is 2.97. The lowest BCUT2D eigenvalue weighted by Crippen LogP contribution is -2.28. The van der Waals surface area contributed by atoms with Gasteiger partial charge in [0, 0.05) is 44.3 Å². The van der Waals surface area contributed by atoms with Crippen molar-refractivity contribution in [2.45, 2.75) is 50.4 Å². The Kier molecular flexibility index (Phi) is 6.50. The maximum atomic E-state index is 9.51. The minimum Gasteiger partial charge on any atom is -0.393 e. The Morgan fingerprint density at radius 2 is 1.61 bits per heavy atom. The van der Waals surface area contributed by atoms with Crippen molar-refractivity contribution < 1.29 is 10.2 Å². The standard InChI is InChI=1S/C16H28N4O2S/c1-11(21)5-7-19(3)15-13-9-23-10-14(13)17-16(18-15)20(4)8-6-12(2)22/h11-12,21-22H,5-10H2,1-4H3/t11-,12-/m0/s1. The monoisotopic (exact) mass is 340 g/mol. The van der Waals surface area contributed by atoms with E-state index in [2.05, 4.69) is 4.90 Å². The molecular formula is C16H28N4O2S. The van der Waals surface area contributed by atoms with Crippen molar-refractivity contribution in [2.24, 2.45) is 0 Å². The summed E-state index contributed by atoms with van der Waals surface area (Å²) in [6, 6.07) is 0. The number of thioether (sulfide) groups is 1. The van der Waals surface area contributed by atoms with Gasteiger partial charge >= 0.3 is 0 Å². The molecule has 0 radical (unpaired) electrons. The highest BCUT2D eigenvalue weighted by atomic mass is 32.2. The van der Waals surface area contributed by atoms with Crippen molar-refractivity contribution in [1.29, 1.82) is 0 Å². The molecule has 0 spiro atoms.